The molecule has 0 bridgehead atoms. The Balaban J connectivity index is 1.59. The number of benzene rings is 1. The fraction of sp³-hybridized carbons (Fsp3) is 0.400. The molecule has 0 saturated heterocycles. The van der Waals surface area contributed by atoms with Crippen molar-refractivity contribution in [2.24, 2.45) is 0 Å². The van der Waals surface area contributed by atoms with E-state index >= 15 is 0 Å². The van der Waals surface area contributed by atoms with Crippen molar-refractivity contribution in [3.63, 3.8) is 0 Å². The summed E-state index contributed by atoms with van der Waals surface area (Å²) in [6.45, 7) is 3.02. The zero-order valence-electron chi connectivity index (χ0n) is 17.4. The Kier molecular flexibility index (Phi) is 8.64. The Morgan fingerprint density at radius 1 is 0.690 bits per heavy atom. The molecule has 29 heavy (non-hydrogen) atoms. The molecule has 0 atom stereocenters. The van der Waals surface area contributed by atoms with Gasteiger partial charge in [-0.25, -0.2) is 9.97 Å². The van der Waals surface area contributed by atoms with Gasteiger partial charge >= 0.3 is 0 Å². The van der Waals surface area contributed by atoms with E-state index in [-0.39, 0.29) is 0 Å². The minimum absolute atomic E-state index is 0.762. The molecule has 2 heterocycles. The summed E-state index contributed by atoms with van der Waals surface area (Å²) in [4.78, 5) is 12.5. The molecule has 3 rings (SSSR count). The van der Waals surface area contributed by atoms with Crippen molar-refractivity contribution in [1.82, 2.24) is 15.0 Å². The Bertz CT molecular complexity index is 837. The molecule has 0 saturated carbocycles. The number of hydrogen-bond acceptors (Lipinski definition) is 4. The van der Waals surface area contributed by atoms with Gasteiger partial charge in [-0.1, -0.05) is 51.9 Å². The lowest BCUT2D eigenvalue weighted by Gasteiger charge is -2.13. The van der Waals surface area contributed by atoms with Crippen LogP contribution >= 0.6 is 0 Å². The number of ether oxygens (including phenoxy) is 1. The fourth-order valence-corrected chi connectivity index (χ4v) is 3.50. The highest BCUT2D eigenvalue weighted by molar-refractivity contribution is 5.83. The molecule has 0 unspecified atom stereocenters. The molecule has 152 valence electrons. The van der Waals surface area contributed by atoms with Crippen molar-refractivity contribution in [2.45, 2.75) is 58.3 Å². The highest BCUT2D eigenvalue weighted by Gasteiger charge is 2.10. The molecule has 0 radical (unpaired) electrons. The molecular formula is C25H31N3O. The molecule has 4 nitrogen and oxygen atoms in total. The topological polar surface area (TPSA) is 47.9 Å². The minimum atomic E-state index is 0.762. The van der Waals surface area contributed by atoms with Gasteiger partial charge in [-0.05, 0) is 53.4 Å². The smallest absolute Gasteiger partial charge is 0.119 e. The normalized spacial score (nSPS) is 10.8. The van der Waals surface area contributed by atoms with Crippen LogP contribution < -0.4 is 4.74 Å². The standard InChI is InChI=1S/C25H31N3O/c1-2-3-4-5-6-7-8-9-16-29-23-10-11-24(22-18-27-20-28-19-22)25(17-23)21-12-14-26-15-13-21/h10-15,17-20H,2-9,16H2,1H3. The van der Waals surface area contributed by atoms with Crippen molar-refractivity contribution < 1.29 is 4.74 Å². The summed E-state index contributed by atoms with van der Waals surface area (Å²) in [5.41, 5.74) is 4.30. The van der Waals surface area contributed by atoms with Gasteiger partial charge in [-0.3, -0.25) is 4.98 Å². The van der Waals surface area contributed by atoms with Crippen LogP contribution in [-0.4, -0.2) is 21.6 Å². The summed E-state index contributed by atoms with van der Waals surface area (Å²) in [6.07, 6.45) is 19.3. The monoisotopic (exact) mass is 389 g/mol. The molecule has 4 heteroatoms. The van der Waals surface area contributed by atoms with Gasteiger partial charge in [0, 0.05) is 30.4 Å². The summed E-state index contributed by atoms with van der Waals surface area (Å²) in [5.74, 6) is 0.903. The van der Waals surface area contributed by atoms with Gasteiger partial charge in [-0.2, -0.15) is 0 Å². The second-order valence-corrected chi connectivity index (χ2v) is 7.39. The van der Waals surface area contributed by atoms with Crippen LogP contribution in [0.3, 0.4) is 0 Å². The van der Waals surface area contributed by atoms with Gasteiger partial charge in [0.05, 0.1) is 6.61 Å². The molecule has 0 spiro atoms. The van der Waals surface area contributed by atoms with Crippen molar-refractivity contribution in [2.75, 3.05) is 6.61 Å². The van der Waals surface area contributed by atoms with Gasteiger partial charge < -0.3 is 4.74 Å². The van der Waals surface area contributed by atoms with Crippen molar-refractivity contribution in [1.29, 1.82) is 0 Å². The summed E-state index contributed by atoms with van der Waals surface area (Å²) < 4.78 is 6.06. The van der Waals surface area contributed by atoms with Gasteiger partial charge in [0.1, 0.15) is 12.1 Å². The predicted octanol–water partition coefficient (Wildman–Crippen LogP) is 6.73. The van der Waals surface area contributed by atoms with E-state index in [1.165, 1.54) is 44.9 Å². The van der Waals surface area contributed by atoms with Gasteiger partial charge in [0.2, 0.25) is 0 Å². The third kappa shape index (κ3) is 6.67. The van der Waals surface area contributed by atoms with Crippen LogP contribution in [0, 0.1) is 0 Å². The number of rotatable bonds is 12. The molecule has 0 aliphatic heterocycles. The maximum Gasteiger partial charge on any atom is 0.119 e. The third-order valence-corrected chi connectivity index (χ3v) is 5.12. The van der Waals surface area contributed by atoms with E-state index in [1.807, 2.05) is 43.0 Å². The summed E-state index contributed by atoms with van der Waals surface area (Å²) in [5, 5.41) is 0. The lowest BCUT2D eigenvalue weighted by atomic mass is 9.96. The van der Waals surface area contributed by atoms with E-state index < -0.39 is 0 Å². The van der Waals surface area contributed by atoms with Gasteiger partial charge in [-0.15, -0.1) is 0 Å². The highest BCUT2D eigenvalue weighted by Crippen LogP contribution is 2.34. The Morgan fingerprint density at radius 2 is 1.38 bits per heavy atom. The van der Waals surface area contributed by atoms with Gasteiger partial charge in [0.15, 0.2) is 0 Å². The van der Waals surface area contributed by atoms with Crippen LogP contribution in [0.25, 0.3) is 22.3 Å². The van der Waals surface area contributed by atoms with E-state index in [0.717, 1.165) is 41.0 Å². The molecule has 0 aliphatic carbocycles. The first-order chi connectivity index (χ1) is 14.4. The first kappa shape index (κ1) is 21.0. The molecule has 2 aromatic heterocycles. The van der Waals surface area contributed by atoms with Crippen LogP contribution in [0.1, 0.15) is 58.3 Å². The van der Waals surface area contributed by atoms with E-state index in [4.69, 9.17) is 4.74 Å². The van der Waals surface area contributed by atoms with Crippen LogP contribution in [-0.2, 0) is 0 Å². The lowest BCUT2D eigenvalue weighted by molar-refractivity contribution is 0.304. The minimum Gasteiger partial charge on any atom is -0.494 e. The number of pyridine rings is 1. The molecule has 0 amide bonds. The number of unbranched alkanes of at least 4 members (excludes halogenated alkanes) is 7. The number of nitrogens with zero attached hydrogens (tertiary/aromatic N) is 3. The Labute approximate surface area is 174 Å². The maximum absolute atomic E-state index is 6.06. The zero-order valence-corrected chi connectivity index (χ0v) is 17.4. The van der Waals surface area contributed by atoms with Gasteiger partial charge in [0.25, 0.3) is 0 Å². The van der Waals surface area contributed by atoms with Crippen molar-refractivity contribution in [3.05, 3.63) is 61.4 Å². The number of hydrogen-bond donors (Lipinski definition) is 0. The summed E-state index contributed by atoms with van der Waals surface area (Å²) in [7, 11) is 0. The zero-order chi connectivity index (χ0) is 20.2. The first-order valence-corrected chi connectivity index (χ1v) is 10.8. The van der Waals surface area contributed by atoms with E-state index in [9.17, 15) is 0 Å². The van der Waals surface area contributed by atoms with E-state index in [2.05, 4.69) is 34.0 Å². The second kappa shape index (κ2) is 11.9. The van der Waals surface area contributed by atoms with E-state index in [0.29, 0.717) is 0 Å². The van der Waals surface area contributed by atoms with Crippen LogP contribution in [0.15, 0.2) is 61.4 Å². The molecule has 0 fully saturated rings. The molecule has 0 aliphatic rings. The molecule has 1 aromatic carbocycles. The van der Waals surface area contributed by atoms with Crippen LogP contribution in [0.5, 0.6) is 5.75 Å². The molecule has 3 aromatic rings. The Morgan fingerprint density at radius 3 is 2.10 bits per heavy atom. The van der Waals surface area contributed by atoms with E-state index in [1.54, 1.807) is 6.33 Å². The largest absolute Gasteiger partial charge is 0.494 e. The Hall–Kier alpha value is -2.75. The highest BCUT2D eigenvalue weighted by atomic mass is 16.5. The lowest BCUT2D eigenvalue weighted by Crippen LogP contribution is -1.98. The summed E-state index contributed by atoms with van der Waals surface area (Å²) in [6, 6.07) is 10.3. The maximum atomic E-state index is 6.06. The third-order valence-electron chi connectivity index (χ3n) is 5.12. The fourth-order valence-electron chi connectivity index (χ4n) is 3.50. The van der Waals surface area contributed by atoms with Crippen molar-refractivity contribution >= 4 is 0 Å². The SMILES string of the molecule is CCCCCCCCCCOc1ccc(-c2cncnc2)c(-c2ccncc2)c1. The van der Waals surface area contributed by atoms with Crippen LogP contribution in [0.4, 0.5) is 0 Å². The second-order valence-electron chi connectivity index (χ2n) is 7.39. The summed E-state index contributed by atoms with van der Waals surface area (Å²) >= 11 is 0. The van der Waals surface area contributed by atoms with Crippen molar-refractivity contribution in [3.8, 4) is 28.0 Å². The predicted molar refractivity (Wildman–Crippen MR) is 119 cm³/mol. The average molecular weight is 390 g/mol. The molecular weight excluding hydrogens is 358 g/mol. The quantitative estimate of drug-likeness (QED) is 0.322. The molecule has 0 N–H and O–H groups in total. The average Bonchev–Trinajstić information content (AvgIpc) is 2.79. The first-order valence-electron chi connectivity index (χ1n) is 10.8. The van der Waals surface area contributed by atoms with Crippen LogP contribution in [0.2, 0.25) is 0 Å². The number of aromatic nitrogens is 3.